The van der Waals surface area contributed by atoms with Crippen LogP contribution in [0.1, 0.15) is 92.1 Å². The van der Waals surface area contributed by atoms with Gasteiger partial charge in [0.1, 0.15) is 12.2 Å². The molecule has 0 aromatic heterocycles. The maximum Gasteiger partial charge on any atom is 0.330 e. The summed E-state index contributed by atoms with van der Waals surface area (Å²) in [5, 5.41) is 33.8. The average Bonchev–Trinajstić information content (AvgIpc) is 3.16. The van der Waals surface area contributed by atoms with Crippen LogP contribution in [0, 0.1) is 10.8 Å². The number of ether oxygens (including phenoxy) is 8. The van der Waals surface area contributed by atoms with Crippen molar-refractivity contribution in [3.05, 3.63) is 59.7 Å². The third kappa shape index (κ3) is 12.6. The molecule has 9 atom stereocenters. The summed E-state index contributed by atoms with van der Waals surface area (Å²) in [7, 11) is 1.20. The summed E-state index contributed by atoms with van der Waals surface area (Å²) in [5.41, 5.74) is -1.22. The Morgan fingerprint density at radius 2 is 1.72 bits per heavy atom. The van der Waals surface area contributed by atoms with Crippen LogP contribution >= 0.6 is 0 Å². The molecule has 0 radical (unpaired) electrons. The third-order valence-corrected chi connectivity index (χ3v) is 10.7. The smallest absolute Gasteiger partial charge is 0.330 e. The first-order chi connectivity index (χ1) is 26.9. The van der Waals surface area contributed by atoms with E-state index >= 15 is 0 Å². The largest absolute Gasteiger partial charge is 0.466 e. The van der Waals surface area contributed by atoms with Gasteiger partial charge < -0.3 is 53.2 Å². The summed E-state index contributed by atoms with van der Waals surface area (Å²) in [4.78, 5) is 52.3. The van der Waals surface area contributed by atoms with Crippen molar-refractivity contribution >= 4 is 23.9 Å². The molecule has 1 unspecified atom stereocenters. The van der Waals surface area contributed by atoms with Crippen LogP contribution in [0.2, 0.25) is 0 Å². The Morgan fingerprint density at radius 3 is 2.37 bits per heavy atom. The van der Waals surface area contributed by atoms with Crippen LogP contribution in [0.25, 0.3) is 0 Å². The fraction of sp³-hybridized carbons (Fsp3) is 0.667. The van der Waals surface area contributed by atoms with Gasteiger partial charge in [0.2, 0.25) is 5.79 Å². The first kappa shape index (κ1) is 46.0. The highest BCUT2D eigenvalue weighted by molar-refractivity contribution is 5.83. The number of methoxy groups -OCH3 is 1. The van der Waals surface area contributed by atoms with Crippen LogP contribution in [0.4, 0.5) is 0 Å². The molecule has 2 fully saturated rings. The Labute approximate surface area is 334 Å². The maximum atomic E-state index is 13.5. The van der Waals surface area contributed by atoms with Crippen molar-refractivity contribution in [3.8, 4) is 0 Å². The molecule has 3 N–H and O–H groups in total. The molecule has 0 spiro atoms. The first-order valence-electron chi connectivity index (χ1n) is 19.6. The maximum absolute atomic E-state index is 13.5. The molecule has 3 aliphatic rings. The Bertz CT molecular complexity index is 1570. The number of benzene rings is 1. The lowest BCUT2D eigenvalue weighted by Crippen LogP contribution is -2.62. The Hall–Kier alpha value is -3.70. The zero-order valence-electron chi connectivity index (χ0n) is 34.0. The molecular formula is C42H60O15. The standard InChI is InChI=1S/C42H60O15/c1-8-34(45)56-39-28(19-35(46)50-7)18-31-22-32(26(2)52-24-27-12-10-9-11-13-27)54-36(47)20-29(44)21-37(48)55-33(40(3,4)25-43)23-30-15-17-51-38(53-30)14-16-41(5,6)42(39,49)57-31/h9-14,16,19,26,29-33,38-39,43-44,49H,8,15,17-18,20-25H2,1-7H3/t26-,29-,30-,31?,32+,33-,38-,39-,42+/m0/s1. The van der Waals surface area contributed by atoms with Gasteiger partial charge in [0.05, 0.1) is 64.2 Å². The number of fused-ring (bicyclic) bond motifs is 4. The third-order valence-electron chi connectivity index (χ3n) is 10.7. The molecule has 0 aliphatic carbocycles. The van der Waals surface area contributed by atoms with Gasteiger partial charge in [-0.1, -0.05) is 71.0 Å². The summed E-state index contributed by atoms with van der Waals surface area (Å²) < 4.78 is 47.4. The van der Waals surface area contributed by atoms with E-state index in [0.717, 1.165) is 11.6 Å². The summed E-state index contributed by atoms with van der Waals surface area (Å²) in [6, 6.07) is 9.33. The van der Waals surface area contributed by atoms with Gasteiger partial charge in [-0.05, 0) is 37.0 Å². The van der Waals surface area contributed by atoms with Crippen LogP contribution in [0.3, 0.4) is 0 Å². The van der Waals surface area contributed by atoms with Gasteiger partial charge in [0.25, 0.3) is 0 Å². The minimum atomic E-state index is -2.32. The second-order valence-electron chi connectivity index (χ2n) is 16.2. The lowest BCUT2D eigenvalue weighted by molar-refractivity contribution is -0.327. The van der Waals surface area contributed by atoms with Crippen molar-refractivity contribution in [3.63, 3.8) is 0 Å². The van der Waals surface area contributed by atoms with E-state index in [1.54, 1.807) is 53.7 Å². The van der Waals surface area contributed by atoms with Crippen LogP contribution < -0.4 is 0 Å². The number of carbonyl (C=O) groups is 4. The average molecular weight is 805 g/mol. The van der Waals surface area contributed by atoms with E-state index < -0.39 is 102 Å². The van der Waals surface area contributed by atoms with Crippen molar-refractivity contribution in [1.29, 1.82) is 0 Å². The molecular weight excluding hydrogens is 744 g/mol. The number of esters is 4. The van der Waals surface area contributed by atoms with Crippen molar-refractivity contribution < 1.29 is 72.4 Å². The minimum absolute atomic E-state index is 0.0353. The quantitative estimate of drug-likeness (QED) is 0.140. The van der Waals surface area contributed by atoms with E-state index in [4.69, 9.17) is 37.9 Å². The van der Waals surface area contributed by atoms with Gasteiger partial charge in [-0.25, -0.2) is 4.79 Å². The van der Waals surface area contributed by atoms with Gasteiger partial charge in [0.15, 0.2) is 12.4 Å². The fourth-order valence-electron chi connectivity index (χ4n) is 6.89. The second-order valence-corrected chi connectivity index (χ2v) is 16.2. The van der Waals surface area contributed by atoms with Crippen LogP contribution in [0.5, 0.6) is 0 Å². The molecule has 15 nitrogen and oxygen atoms in total. The van der Waals surface area contributed by atoms with Crippen LogP contribution in [-0.4, -0.2) is 114 Å². The minimum Gasteiger partial charge on any atom is -0.466 e. The number of cyclic esters (lactones) is 2. The molecule has 3 heterocycles. The molecule has 4 rings (SSSR count). The zero-order valence-corrected chi connectivity index (χ0v) is 34.0. The van der Waals surface area contributed by atoms with E-state index in [1.807, 2.05) is 30.3 Å². The van der Waals surface area contributed by atoms with Gasteiger partial charge in [-0.15, -0.1) is 0 Å². The van der Waals surface area contributed by atoms with Crippen molar-refractivity contribution in [2.24, 2.45) is 10.8 Å². The van der Waals surface area contributed by atoms with Gasteiger partial charge in [-0.3, -0.25) is 14.4 Å². The van der Waals surface area contributed by atoms with Crippen molar-refractivity contribution in [2.75, 3.05) is 20.3 Å². The van der Waals surface area contributed by atoms with E-state index in [9.17, 15) is 34.5 Å². The Balaban J connectivity index is 1.79. The van der Waals surface area contributed by atoms with E-state index in [1.165, 1.54) is 7.11 Å². The molecule has 1 aromatic carbocycles. The van der Waals surface area contributed by atoms with E-state index in [2.05, 4.69) is 0 Å². The zero-order chi connectivity index (χ0) is 42.0. The Kier molecular flexibility index (Phi) is 16.4. The van der Waals surface area contributed by atoms with E-state index in [-0.39, 0.29) is 51.1 Å². The highest BCUT2D eigenvalue weighted by Gasteiger charge is 2.58. The summed E-state index contributed by atoms with van der Waals surface area (Å²) in [5.74, 6) is -5.35. The molecule has 2 saturated heterocycles. The molecule has 57 heavy (non-hydrogen) atoms. The van der Waals surface area contributed by atoms with Crippen LogP contribution in [0.15, 0.2) is 54.1 Å². The van der Waals surface area contributed by atoms with E-state index in [0.29, 0.717) is 6.42 Å². The van der Waals surface area contributed by atoms with Gasteiger partial charge in [-0.2, -0.15) is 0 Å². The number of hydrogen-bond donors (Lipinski definition) is 3. The number of aliphatic hydroxyl groups is 3. The highest BCUT2D eigenvalue weighted by atomic mass is 16.7. The predicted molar refractivity (Wildman–Crippen MR) is 203 cm³/mol. The van der Waals surface area contributed by atoms with Gasteiger partial charge >= 0.3 is 23.9 Å². The van der Waals surface area contributed by atoms with Crippen LogP contribution in [-0.2, 0) is 63.7 Å². The molecule has 0 saturated carbocycles. The summed E-state index contributed by atoms with van der Waals surface area (Å²) in [6.45, 7) is 10.2. The SMILES string of the molecule is CCC(=O)O[C@H]1C(=CC(=O)OC)CC2C[C@H]([C@H](C)OCc3ccccc3)OC(=O)C[C@H](O)CC(=O)O[C@H](C(C)(C)CO)C[C@@H]3CCO[C@H](C=CC(C)(C)[C@]1(O)O2)O3. The lowest BCUT2D eigenvalue weighted by Gasteiger charge is -2.51. The normalized spacial score (nSPS) is 31.7. The second kappa shape index (κ2) is 20.3. The van der Waals surface area contributed by atoms with Gasteiger partial charge in [0, 0.05) is 36.2 Å². The summed E-state index contributed by atoms with van der Waals surface area (Å²) in [6.07, 6.45) is -4.21. The number of carbonyl (C=O) groups excluding carboxylic acids is 4. The highest BCUT2D eigenvalue weighted by Crippen LogP contribution is 2.47. The lowest BCUT2D eigenvalue weighted by atomic mass is 9.74. The Morgan fingerprint density at radius 1 is 1.04 bits per heavy atom. The number of aliphatic hydroxyl groups excluding tert-OH is 2. The first-order valence-corrected chi connectivity index (χ1v) is 19.6. The molecule has 318 valence electrons. The molecule has 3 aliphatic heterocycles. The number of rotatable bonds is 9. The summed E-state index contributed by atoms with van der Waals surface area (Å²) >= 11 is 0. The number of hydrogen-bond acceptors (Lipinski definition) is 15. The monoisotopic (exact) mass is 804 g/mol. The molecule has 1 aromatic rings. The fourth-order valence-corrected chi connectivity index (χ4v) is 6.89. The van der Waals surface area contributed by atoms with Crippen molar-refractivity contribution in [2.45, 2.75) is 148 Å². The molecule has 15 heteroatoms. The van der Waals surface area contributed by atoms with Crippen molar-refractivity contribution in [1.82, 2.24) is 0 Å². The molecule has 0 amide bonds. The molecule has 4 bridgehead atoms. The predicted octanol–water partition coefficient (Wildman–Crippen LogP) is 3.98. The topological polar surface area (TPSA) is 203 Å².